The molecular weight excluding hydrogens is 290 g/mol. The van der Waals surface area contributed by atoms with Crippen LogP contribution in [0.15, 0.2) is 36.4 Å². The van der Waals surface area contributed by atoms with Crippen molar-refractivity contribution >= 4 is 29.0 Å². The molecule has 0 saturated heterocycles. The molecule has 0 spiro atoms. The fourth-order valence-corrected chi connectivity index (χ4v) is 1.76. The molecule has 0 aliphatic heterocycles. The summed E-state index contributed by atoms with van der Waals surface area (Å²) in [4.78, 5) is 0. The van der Waals surface area contributed by atoms with Crippen molar-refractivity contribution in [2.75, 3.05) is 0 Å². The van der Waals surface area contributed by atoms with Crippen molar-refractivity contribution < 1.29 is 9.13 Å². The van der Waals surface area contributed by atoms with Crippen molar-refractivity contribution in [2.24, 2.45) is 5.73 Å². The van der Waals surface area contributed by atoms with E-state index in [1.54, 1.807) is 18.2 Å². The van der Waals surface area contributed by atoms with E-state index in [0.29, 0.717) is 5.02 Å². The number of nitrogens with two attached hydrogens (primary N) is 1. The molecule has 0 amide bonds. The average Bonchev–Trinajstić information content (AvgIpc) is 2.37. The van der Waals surface area contributed by atoms with Crippen molar-refractivity contribution in [1.29, 1.82) is 5.41 Å². The number of ether oxygens (including phenoxy) is 1. The minimum atomic E-state index is -0.635. The van der Waals surface area contributed by atoms with Crippen LogP contribution in [0.2, 0.25) is 10.0 Å². The molecule has 3 nitrogen and oxygen atoms in total. The van der Waals surface area contributed by atoms with Gasteiger partial charge in [0.15, 0.2) is 11.6 Å². The van der Waals surface area contributed by atoms with Crippen LogP contribution in [0, 0.1) is 11.2 Å². The van der Waals surface area contributed by atoms with Crippen LogP contribution in [0.1, 0.15) is 5.56 Å². The molecule has 0 radical (unpaired) electrons. The minimum absolute atomic E-state index is 0.0193. The lowest BCUT2D eigenvalue weighted by Gasteiger charge is -2.10. The molecule has 0 atom stereocenters. The Labute approximate surface area is 119 Å². The van der Waals surface area contributed by atoms with Gasteiger partial charge >= 0.3 is 0 Å². The van der Waals surface area contributed by atoms with E-state index >= 15 is 0 Å². The highest BCUT2D eigenvalue weighted by Gasteiger charge is 2.11. The molecular formula is C13H9Cl2FN2O. The van der Waals surface area contributed by atoms with Crippen LogP contribution < -0.4 is 10.5 Å². The van der Waals surface area contributed by atoms with Crippen LogP contribution >= 0.6 is 23.2 Å². The van der Waals surface area contributed by atoms with Gasteiger partial charge in [0.25, 0.3) is 0 Å². The van der Waals surface area contributed by atoms with Gasteiger partial charge in [0.05, 0.1) is 5.02 Å². The van der Waals surface area contributed by atoms with Crippen LogP contribution in [0.5, 0.6) is 11.5 Å². The molecule has 0 aromatic heterocycles. The van der Waals surface area contributed by atoms with Crippen molar-refractivity contribution in [1.82, 2.24) is 0 Å². The van der Waals surface area contributed by atoms with E-state index in [9.17, 15) is 4.39 Å². The smallest absolute Gasteiger partial charge is 0.166 e. The van der Waals surface area contributed by atoms with E-state index in [4.69, 9.17) is 39.1 Å². The highest BCUT2D eigenvalue weighted by molar-refractivity contribution is 6.42. The highest BCUT2D eigenvalue weighted by Crippen LogP contribution is 2.35. The predicted molar refractivity (Wildman–Crippen MR) is 74.0 cm³/mol. The first-order valence-corrected chi connectivity index (χ1v) is 6.00. The fourth-order valence-electron chi connectivity index (χ4n) is 1.43. The number of benzene rings is 2. The largest absolute Gasteiger partial charge is 0.453 e. The molecule has 2 rings (SSSR count). The van der Waals surface area contributed by atoms with Gasteiger partial charge in [-0.05, 0) is 30.3 Å². The molecule has 19 heavy (non-hydrogen) atoms. The lowest BCUT2D eigenvalue weighted by atomic mass is 10.2. The summed E-state index contributed by atoms with van der Waals surface area (Å²) in [6, 6.07) is 8.81. The lowest BCUT2D eigenvalue weighted by Crippen LogP contribution is -2.11. The highest BCUT2D eigenvalue weighted by atomic mass is 35.5. The van der Waals surface area contributed by atoms with Crippen molar-refractivity contribution in [3.63, 3.8) is 0 Å². The quantitative estimate of drug-likeness (QED) is 0.659. The fraction of sp³-hybridized carbons (Fsp3) is 0. The number of rotatable bonds is 3. The van der Waals surface area contributed by atoms with Crippen LogP contribution in [-0.2, 0) is 0 Å². The zero-order chi connectivity index (χ0) is 14.0. The van der Waals surface area contributed by atoms with E-state index < -0.39 is 5.82 Å². The number of nitrogen functional groups attached to an aromatic ring is 1. The van der Waals surface area contributed by atoms with Gasteiger partial charge < -0.3 is 10.5 Å². The van der Waals surface area contributed by atoms with Gasteiger partial charge in [0.2, 0.25) is 0 Å². The normalized spacial score (nSPS) is 10.3. The Bertz CT molecular complexity index is 647. The third-order valence-corrected chi connectivity index (χ3v) is 3.18. The minimum Gasteiger partial charge on any atom is -0.453 e. The zero-order valence-electron chi connectivity index (χ0n) is 9.58. The molecule has 6 heteroatoms. The third-order valence-electron chi connectivity index (χ3n) is 2.38. The second-order valence-electron chi connectivity index (χ2n) is 3.71. The number of hydrogen-bond acceptors (Lipinski definition) is 2. The first kappa shape index (κ1) is 13.6. The summed E-state index contributed by atoms with van der Waals surface area (Å²) in [5, 5.41) is 7.74. The van der Waals surface area contributed by atoms with Crippen molar-refractivity contribution in [3.8, 4) is 11.5 Å². The SMILES string of the molecule is N=C(N)c1ccc(Oc2cccc(Cl)c2Cl)c(F)c1. The van der Waals surface area contributed by atoms with E-state index in [1.165, 1.54) is 12.1 Å². The summed E-state index contributed by atoms with van der Waals surface area (Å²) in [5.74, 6) is -0.618. The standard InChI is InChI=1S/C13H9Cl2FN2O/c14-8-2-1-3-11(12(8)15)19-10-5-4-7(13(17)18)6-9(10)16/h1-6H,(H3,17,18). The summed E-state index contributed by atoms with van der Waals surface area (Å²) < 4.78 is 19.1. The van der Waals surface area contributed by atoms with Gasteiger partial charge in [-0.2, -0.15) is 0 Å². The molecule has 0 aliphatic rings. The number of halogens is 3. The van der Waals surface area contributed by atoms with E-state index in [1.807, 2.05) is 0 Å². The Balaban J connectivity index is 2.34. The average molecular weight is 299 g/mol. The lowest BCUT2D eigenvalue weighted by molar-refractivity contribution is 0.442. The maximum atomic E-state index is 13.8. The summed E-state index contributed by atoms with van der Waals surface area (Å²) in [6.07, 6.45) is 0. The van der Waals surface area contributed by atoms with E-state index in [-0.39, 0.29) is 27.9 Å². The van der Waals surface area contributed by atoms with Crippen molar-refractivity contribution in [3.05, 3.63) is 57.8 Å². The van der Waals surface area contributed by atoms with Crippen LogP contribution in [0.4, 0.5) is 4.39 Å². The topological polar surface area (TPSA) is 59.1 Å². The van der Waals surface area contributed by atoms with Gasteiger partial charge in [-0.25, -0.2) is 4.39 Å². The molecule has 0 saturated carbocycles. The number of amidine groups is 1. The molecule has 0 heterocycles. The molecule has 0 fully saturated rings. The maximum absolute atomic E-state index is 13.8. The van der Waals surface area contributed by atoms with Crippen LogP contribution in [-0.4, -0.2) is 5.84 Å². The first-order chi connectivity index (χ1) is 8.99. The summed E-state index contributed by atoms with van der Waals surface area (Å²) >= 11 is 11.8. The zero-order valence-corrected chi connectivity index (χ0v) is 11.1. The first-order valence-electron chi connectivity index (χ1n) is 5.25. The monoisotopic (exact) mass is 298 g/mol. The van der Waals surface area contributed by atoms with Crippen molar-refractivity contribution in [2.45, 2.75) is 0 Å². The van der Waals surface area contributed by atoms with Gasteiger partial charge in [-0.3, -0.25) is 5.41 Å². The number of nitrogens with one attached hydrogen (secondary N) is 1. The summed E-state index contributed by atoms with van der Waals surface area (Å²) in [6.45, 7) is 0. The van der Waals surface area contributed by atoms with Gasteiger partial charge in [-0.15, -0.1) is 0 Å². The third kappa shape index (κ3) is 2.97. The molecule has 0 aliphatic carbocycles. The predicted octanol–water partition coefficient (Wildman–Crippen LogP) is 4.21. The van der Waals surface area contributed by atoms with Gasteiger partial charge in [-0.1, -0.05) is 29.3 Å². The molecule has 0 bridgehead atoms. The Morgan fingerprint density at radius 2 is 1.89 bits per heavy atom. The Morgan fingerprint density at radius 3 is 2.53 bits per heavy atom. The molecule has 2 aromatic rings. The van der Waals surface area contributed by atoms with Crippen LogP contribution in [0.25, 0.3) is 0 Å². The Morgan fingerprint density at radius 1 is 1.16 bits per heavy atom. The number of hydrogen-bond donors (Lipinski definition) is 2. The van der Waals surface area contributed by atoms with Gasteiger partial charge in [0, 0.05) is 5.56 Å². The second-order valence-corrected chi connectivity index (χ2v) is 4.50. The van der Waals surface area contributed by atoms with E-state index in [0.717, 1.165) is 6.07 Å². The second kappa shape index (κ2) is 5.47. The van der Waals surface area contributed by atoms with Gasteiger partial charge in [0.1, 0.15) is 16.6 Å². The maximum Gasteiger partial charge on any atom is 0.166 e. The summed E-state index contributed by atoms with van der Waals surface area (Å²) in [5.41, 5.74) is 5.55. The molecule has 2 aromatic carbocycles. The molecule has 98 valence electrons. The molecule has 3 N–H and O–H groups in total. The van der Waals surface area contributed by atoms with Crippen LogP contribution in [0.3, 0.4) is 0 Å². The Kier molecular flexibility index (Phi) is 3.93. The Hall–Kier alpha value is -1.78. The van der Waals surface area contributed by atoms with E-state index in [2.05, 4.69) is 0 Å². The summed E-state index contributed by atoms with van der Waals surface area (Å²) in [7, 11) is 0. The molecule has 0 unspecified atom stereocenters.